The van der Waals surface area contributed by atoms with E-state index < -0.39 is 0 Å². The van der Waals surface area contributed by atoms with Crippen LogP contribution in [-0.2, 0) is 11.3 Å². The SMILES string of the molecule is CC1=CN=NC1=S=O. The van der Waals surface area contributed by atoms with Crippen molar-refractivity contribution in [1.29, 1.82) is 0 Å². The molecule has 0 N–H and O–H groups in total. The fourth-order valence-corrected chi connectivity index (χ4v) is 0.649. The Kier molecular flexibility index (Phi) is 1.34. The van der Waals surface area contributed by atoms with E-state index in [9.17, 15) is 4.21 Å². The van der Waals surface area contributed by atoms with Crippen molar-refractivity contribution in [3.05, 3.63) is 11.8 Å². The third-order valence-electron chi connectivity index (χ3n) is 0.816. The van der Waals surface area contributed by atoms with Crippen LogP contribution in [0.15, 0.2) is 22.0 Å². The molecule has 0 aromatic carbocycles. The first kappa shape index (κ1) is 5.37. The van der Waals surface area contributed by atoms with Crippen LogP contribution in [0.4, 0.5) is 0 Å². The fourth-order valence-electron chi connectivity index (χ4n) is 0.384. The van der Waals surface area contributed by atoms with Crippen LogP contribution in [0.3, 0.4) is 0 Å². The highest BCUT2D eigenvalue weighted by molar-refractivity contribution is 7.67. The van der Waals surface area contributed by atoms with E-state index in [0.29, 0.717) is 16.2 Å². The Balaban J connectivity index is 3.05. The largest absolute Gasteiger partial charge is 0.210 e. The first-order valence-electron chi connectivity index (χ1n) is 2.09. The summed E-state index contributed by atoms with van der Waals surface area (Å²) in [4.78, 5) is 0.477. The van der Waals surface area contributed by atoms with Crippen LogP contribution < -0.4 is 0 Å². The molecule has 3 nitrogen and oxygen atoms in total. The Morgan fingerprint density at radius 1 is 1.75 bits per heavy atom. The maximum absolute atomic E-state index is 10.0. The second-order valence-corrected chi connectivity index (χ2v) is 1.97. The van der Waals surface area contributed by atoms with Gasteiger partial charge in [0.2, 0.25) is 0 Å². The number of hydrogen-bond acceptors (Lipinski definition) is 2. The summed E-state index contributed by atoms with van der Waals surface area (Å²) in [5, 5.41) is 7.06. The topological polar surface area (TPSA) is 41.8 Å². The lowest BCUT2D eigenvalue weighted by atomic mass is 10.3. The predicted octanol–water partition coefficient (Wildman–Crippen LogP) is 0.699. The molecule has 1 heterocycles. The lowest BCUT2D eigenvalue weighted by Crippen LogP contribution is -1.87. The molecule has 0 saturated heterocycles. The van der Waals surface area contributed by atoms with Crippen molar-refractivity contribution in [3.63, 3.8) is 0 Å². The molecule has 0 atom stereocenters. The molecule has 1 rings (SSSR count). The number of nitrogens with zero attached hydrogens (tertiary/aromatic N) is 2. The van der Waals surface area contributed by atoms with Crippen LogP contribution >= 0.6 is 0 Å². The standard InChI is InChI=1S/C4H4N2OS/c1-3-2-5-6-4(3)8-7/h2H,1H3. The summed E-state index contributed by atoms with van der Waals surface area (Å²) in [7, 11) is 0. The monoisotopic (exact) mass is 128 g/mol. The summed E-state index contributed by atoms with van der Waals surface area (Å²) in [5.74, 6) is 0. The van der Waals surface area contributed by atoms with Crippen LogP contribution in [-0.4, -0.2) is 9.20 Å². The van der Waals surface area contributed by atoms with Gasteiger partial charge in [-0.25, -0.2) is 4.21 Å². The third kappa shape index (κ3) is 0.742. The average Bonchev–Trinajstić information content (AvgIpc) is 2.14. The molecule has 0 radical (unpaired) electrons. The van der Waals surface area contributed by atoms with E-state index in [2.05, 4.69) is 10.2 Å². The molecule has 1 aliphatic rings. The maximum atomic E-state index is 10.0. The van der Waals surface area contributed by atoms with E-state index in [0.717, 1.165) is 5.57 Å². The molecule has 0 aromatic rings. The molecular formula is C4H4N2OS. The molecule has 0 saturated carbocycles. The van der Waals surface area contributed by atoms with Gasteiger partial charge in [0.25, 0.3) is 0 Å². The van der Waals surface area contributed by atoms with Crippen LogP contribution in [0.5, 0.6) is 0 Å². The van der Waals surface area contributed by atoms with Crippen LogP contribution in [0, 0.1) is 0 Å². The van der Waals surface area contributed by atoms with Crippen LogP contribution in [0.2, 0.25) is 0 Å². The van der Waals surface area contributed by atoms with Gasteiger partial charge < -0.3 is 0 Å². The van der Waals surface area contributed by atoms with Gasteiger partial charge in [0.15, 0.2) is 4.99 Å². The minimum Gasteiger partial charge on any atom is -0.210 e. The van der Waals surface area contributed by atoms with E-state index in [1.54, 1.807) is 13.1 Å². The predicted molar refractivity (Wildman–Crippen MR) is 31.8 cm³/mol. The van der Waals surface area contributed by atoms with Gasteiger partial charge in [0, 0.05) is 5.57 Å². The number of azo groups is 1. The molecule has 0 bridgehead atoms. The van der Waals surface area contributed by atoms with Crippen LogP contribution in [0.25, 0.3) is 0 Å². The molecule has 0 amide bonds. The van der Waals surface area contributed by atoms with Crippen molar-refractivity contribution < 1.29 is 4.21 Å². The summed E-state index contributed by atoms with van der Waals surface area (Å²) in [6, 6.07) is 0. The first-order chi connectivity index (χ1) is 3.84. The normalized spacial score (nSPS) is 16.6. The van der Waals surface area contributed by atoms with Crippen molar-refractivity contribution in [1.82, 2.24) is 0 Å². The lowest BCUT2D eigenvalue weighted by molar-refractivity contribution is 0.701. The molecule has 8 heavy (non-hydrogen) atoms. The van der Waals surface area contributed by atoms with Gasteiger partial charge in [-0.3, -0.25) is 0 Å². The Morgan fingerprint density at radius 2 is 2.50 bits per heavy atom. The van der Waals surface area contributed by atoms with Crippen molar-refractivity contribution in [2.24, 2.45) is 10.2 Å². The molecule has 0 unspecified atom stereocenters. The van der Waals surface area contributed by atoms with Crippen molar-refractivity contribution >= 4 is 16.2 Å². The summed E-state index contributed by atoms with van der Waals surface area (Å²) < 4.78 is 10.0. The Hall–Kier alpha value is -0.770. The second kappa shape index (κ2) is 2.00. The van der Waals surface area contributed by atoms with Crippen molar-refractivity contribution in [2.45, 2.75) is 6.92 Å². The van der Waals surface area contributed by atoms with E-state index in [4.69, 9.17) is 0 Å². The minimum atomic E-state index is 0.378. The Labute approximate surface area is 50.2 Å². The van der Waals surface area contributed by atoms with Gasteiger partial charge in [-0.2, -0.15) is 5.11 Å². The maximum Gasteiger partial charge on any atom is 0.183 e. The molecule has 0 spiro atoms. The highest BCUT2D eigenvalue weighted by Gasteiger charge is 2.02. The molecule has 0 fully saturated rings. The van der Waals surface area contributed by atoms with Gasteiger partial charge >= 0.3 is 0 Å². The van der Waals surface area contributed by atoms with Gasteiger partial charge in [0.1, 0.15) is 11.3 Å². The number of rotatable bonds is 0. The quantitative estimate of drug-likeness (QED) is 0.443. The fraction of sp³-hybridized carbons (Fsp3) is 0.250. The molecular weight excluding hydrogens is 124 g/mol. The first-order valence-corrected chi connectivity index (χ1v) is 2.83. The number of hydrogen-bond donors (Lipinski definition) is 0. The summed E-state index contributed by atoms with van der Waals surface area (Å²) in [6.45, 7) is 1.81. The van der Waals surface area contributed by atoms with Crippen LogP contribution in [0.1, 0.15) is 6.92 Å². The summed E-state index contributed by atoms with van der Waals surface area (Å²) in [5.41, 5.74) is 0.852. The van der Waals surface area contributed by atoms with Gasteiger partial charge in [-0.05, 0) is 6.92 Å². The van der Waals surface area contributed by atoms with Gasteiger partial charge in [-0.15, -0.1) is 5.11 Å². The zero-order valence-electron chi connectivity index (χ0n) is 4.29. The van der Waals surface area contributed by atoms with Gasteiger partial charge in [0.05, 0.1) is 6.20 Å². The second-order valence-electron chi connectivity index (χ2n) is 1.42. The van der Waals surface area contributed by atoms with E-state index in [1.165, 1.54) is 0 Å². The zero-order chi connectivity index (χ0) is 5.98. The van der Waals surface area contributed by atoms with E-state index >= 15 is 0 Å². The molecule has 4 heteroatoms. The van der Waals surface area contributed by atoms with Crippen molar-refractivity contribution in [2.75, 3.05) is 0 Å². The third-order valence-corrected chi connectivity index (χ3v) is 1.38. The Morgan fingerprint density at radius 3 is 2.75 bits per heavy atom. The summed E-state index contributed by atoms with van der Waals surface area (Å²) >= 11 is 0.378. The highest BCUT2D eigenvalue weighted by Crippen LogP contribution is 2.04. The zero-order valence-corrected chi connectivity index (χ0v) is 5.10. The van der Waals surface area contributed by atoms with E-state index in [-0.39, 0.29) is 0 Å². The molecule has 0 aromatic heterocycles. The summed E-state index contributed by atoms with van der Waals surface area (Å²) in [6.07, 6.45) is 1.57. The lowest BCUT2D eigenvalue weighted by Gasteiger charge is -1.79. The van der Waals surface area contributed by atoms with Crippen molar-refractivity contribution in [3.8, 4) is 0 Å². The highest BCUT2D eigenvalue weighted by atomic mass is 32.1. The van der Waals surface area contributed by atoms with Gasteiger partial charge in [-0.1, -0.05) is 0 Å². The average molecular weight is 128 g/mol. The van der Waals surface area contributed by atoms with E-state index in [1.807, 2.05) is 0 Å². The Bertz CT molecular complexity index is 212. The molecule has 0 aliphatic carbocycles. The smallest absolute Gasteiger partial charge is 0.183 e. The minimum absolute atomic E-state index is 0.378. The molecule has 42 valence electrons. The molecule has 1 aliphatic heterocycles.